The van der Waals surface area contributed by atoms with Gasteiger partial charge in [-0.15, -0.1) is 0 Å². The van der Waals surface area contributed by atoms with E-state index < -0.39 is 17.8 Å². The highest BCUT2D eigenvalue weighted by Gasteiger charge is 2.41. The lowest BCUT2D eigenvalue weighted by Crippen LogP contribution is -2.52. The van der Waals surface area contributed by atoms with E-state index in [1.807, 2.05) is 0 Å². The maximum absolute atomic E-state index is 14.6. The van der Waals surface area contributed by atoms with Gasteiger partial charge >= 0.3 is 0 Å². The number of aryl methyl sites for hydroxylation is 2. The van der Waals surface area contributed by atoms with E-state index >= 15 is 0 Å². The Morgan fingerprint density at radius 1 is 0.941 bits per heavy atom. The molecule has 0 saturated carbocycles. The van der Waals surface area contributed by atoms with Crippen molar-refractivity contribution in [2.45, 2.75) is 44.8 Å². The van der Waals surface area contributed by atoms with Crippen molar-refractivity contribution in [3.63, 3.8) is 0 Å². The Balaban J connectivity index is 1.17. The van der Waals surface area contributed by atoms with E-state index in [0.717, 1.165) is 44.0 Å². The molecule has 34 heavy (non-hydrogen) atoms. The van der Waals surface area contributed by atoms with Crippen LogP contribution in [0, 0.1) is 5.82 Å². The van der Waals surface area contributed by atoms with Crippen molar-refractivity contribution in [1.29, 1.82) is 0 Å². The number of amides is 3. The van der Waals surface area contributed by atoms with E-state index in [9.17, 15) is 18.8 Å². The van der Waals surface area contributed by atoms with Gasteiger partial charge in [0.2, 0.25) is 11.8 Å². The molecule has 0 radical (unpaired) electrons. The molecule has 1 atom stereocenters. The zero-order valence-corrected chi connectivity index (χ0v) is 19.0. The molecule has 3 amide bonds. The second-order valence-electron chi connectivity index (χ2n) is 9.72. The normalized spacial score (nSPS) is 22.4. The molecule has 4 aliphatic rings. The average molecular weight is 463 g/mol. The summed E-state index contributed by atoms with van der Waals surface area (Å²) in [7, 11) is 0. The molecule has 0 spiro atoms. The van der Waals surface area contributed by atoms with Crippen LogP contribution >= 0.6 is 0 Å². The molecule has 7 nitrogen and oxygen atoms in total. The molecule has 2 saturated heterocycles. The van der Waals surface area contributed by atoms with Crippen LogP contribution in [0.4, 0.5) is 10.1 Å². The van der Waals surface area contributed by atoms with Crippen molar-refractivity contribution in [2.75, 3.05) is 31.1 Å². The molecule has 1 N–H and O–H groups in total. The third-order valence-electron chi connectivity index (χ3n) is 7.65. The Hall–Kier alpha value is -3.26. The van der Waals surface area contributed by atoms with Crippen LogP contribution in [0.2, 0.25) is 0 Å². The molecule has 2 fully saturated rings. The summed E-state index contributed by atoms with van der Waals surface area (Å²) < 4.78 is 14.6. The van der Waals surface area contributed by atoms with Gasteiger partial charge in [-0.3, -0.25) is 24.6 Å². The van der Waals surface area contributed by atoms with Gasteiger partial charge in [0.05, 0.1) is 0 Å². The van der Waals surface area contributed by atoms with Crippen LogP contribution in [-0.4, -0.2) is 59.7 Å². The molecule has 0 aromatic heterocycles. The predicted molar refractivity (Wildman–Crippen MR) is 124 cm³/mol. The number of anilines is 1. The number of rotatable bonds is 4. The fraction of sp³-hybridized carbons (Fsp3) is 0.423. The molecule has 3 heterocycles. The maximum Gasteiger partial charge on any atom is 0.255 e. The Labute approximate surface area is 197 Å². The third kappa shape index (κ3) is 3.66. The summed E-state index contributed by atoms with van der Waals surface area (Å²) in [5.74, 6) is -1.57. The molecule has 6 rings (SSSR count). The number of hydrogen-bond donors (Lipinski definition) is 1. The fourth-order valence-corrected chi connectivity index (χ4v) is 5.64. The van der Waals surface area contributed by atoms with E-state index in [-0.39, 0.29) is 24.8 Å². The van der Waals surface area contributed by atoms with Crippen LogP contribution in [0.15, 0.2) is 30.3 Å². The number of benzene rings is 2. The van der Waals surface area contributed by atoms with E-state index in [2.05, 4.69) is 33.3 Å². The van der Waals surface area contributed by atoms with Crippen molar-refractivity contribution >= 4 is 23.4 Å². The van der Waals surface area contributed by atoms with Crippen LogP contribution in [0.5, 0.6) is 0 Å². The maximum atomic E-state index is 14.6. The summed E-state index contributed by atoms with van der Waals surface area (Å²) in [5, 5.41) is 2.32. The number of imide groups is 1. The van der Waals surface area contributed by atoms with Gasteiger partial charge in [-0.2, -0.15) is 0 Å². The van der Waals surface area contributed by atoms with Gasteiger partial charge in [-0.25, -0.2) is 4.39 Å². The van der Waals surface area contributed by atoms with Crippen LogP contribution < -0.4 is 10.2 Å². The van der Waals surface area contributed by atoms with Crippen molar-refractivity contribution in [3.8, 4) is 0 Å². The molecule has 3 aliphatic heterocycles. The SMILES string of the molecule is O=C1CCC(N2Cc3c(cc(F)cc3N3CCN(Cc4ccc5c(c4)CC5)CC3)C2=O)C(=O)N1. The first-order chi connectivity index (χ1) is 16.5. The smallest absolute Gasteiger partial charge is 0.255 e. The molecule has 8 heteroatoms. The number of nitrogens with zero attached hydrogens (tertiary/aromatic N) is 3. The summed E-state index contributed by atoms with van der Waals surface area (Å²) in [6.07, 6.45) is 2.86. The van der Waals surface area contributed by atoms with Crippen LogP contribution in [0.25, 0.3) is 0 Å². The molecule has 2 aromatic rings. The first-order valence-corrected chi connectivity index (χ1v) is 12.0. The Kier molecular flexibility index (Phi) is 5.13. The van der Waals surface area contributed by atoms with Gasteiger partial charge in [0.15, 0.2) is 0 Å². The van der Waals surface area contributed by atoms with Crippen LogP contribution in [0.3, 0.4) is 0 Å². The zero-order chi connectivity index (χ0) is 23.4. The number of hydrogen-bond acceptors (Lipinski definition) is 5. The van der Waals surface area contributed by atoms with Crippen molar-refractivity contribution < 1.29 is 18.8 Å². The number of halogens is 1. The van der Waals surface area contributed by atoms with E-state index in [4.69, 9.17) is 0 Å². The van der Waals surface area contributed by atoms with E-state index in [0.29, 0.717) is 12.0 Å². The average Bonchev–Trinajstić information content (AvgIpc) is 3.12. The number of piperidine rings is 1. The minimum absolute atomic E-state index is 0.198. The number of carbonyl (C=O) groups is 3. The highest BCUT2D eigenvalue weighted by molar-refractivity contribution is 6.06. The lowest BCUT2D eigenvalue weighted by atomic mass is 9.87. The van der Waals surface area contributed by atoms with Crippen molar-refractivity contribution in [3.05, 3.63) is 64.0 Å². The first-order valence-electron chi connectivity index (χ1n) is 12.0. The Morgan fingerprint density at radius 2 is 1.74 bits per heavy atom. The molecular formula is C26H27FN4O3. The minimum Gasteiger partial charge on any atom is -0.369 e. The monoisotopic (exact) mass is 462 g/mol. The van der Waals surface area contributed by atoms with Crippen molar-refractivity contribution in [1.82, 2.24) is 15.1 Å². The predicted octanol–water partition coefficient (Wildman–Crippen LogP) is 2.01. The zero-order valence-electron chi connectivity index (χ0n) is 19.0. The molecule has 2 aromatic carbocycles. The summed E-state index contributed by atoms with van der Waals surface area (Å²) in [6, 6.07) is 8.86. The summed E-state index contributed by atoms with van der Waals surface area (Å²) >= 11 is 0. The summed E-state index contributed by atoms with van der Waals surface area (Å²) in [6.45, 7) is 4.36. The standard InChI is InChI=1S/C26H27FN4O3/c27-19-12-20-21(15-31(26(20)34)22-5-6-24(32)28-25(22)33)23(13-19)30-9-7-29(8-10-30)14-16-1-2-17-3-4-18(17)11-16/h1-2,11-13,22H,3-10,14-15H2,(H,28,32,33). The molecule has 1 aliphatic carbocycles. The van der Waals surface area contributed by atoms with Crippen LogP contribution in [-0.2, 0) is 35.5 Å². The number of piperazine rings is 1. The van der Waals surface area contributed by atoms with Crippen LogP contribution in [0.1, 0.15) is 45.5 Å². The van der Waals surface area contributed by atoms with E-state index in [1.165, 1.54) is 46.6 Å². The number of nitrogens with one attached hydrogen (secondary N) is 1. The Bertz CT molecular complexity index is 1200. The highest BCUT2D eigenvalue weighted by atomic mass is 19.1. The third-order valence-corrected chi connectivity index (χ3v) is 7.65. The van der Waals surface area contributed by atoms with Gasteiger partial charge in [-0.05, 0) is 48.1 Å². The molecule has 176 valence electrons. The van der Waals surface area contributed by atoms with Gasteiger partial charge in [-0.1, -0.05) is 18.2 Å². The summed E-state index contributed by atoms with van der Waals surface area (Å²) in [4.78, 5) is 43.0. The topological polar surface area (TPSA) is 73.0 Å². The number of fused-ring (bicyclic) bond motifs is 2. The van der Waals surface area contributed by atoms with E-state index in [1.54, 1.807) is 0 Å². The van der Waals surface area contributed by atoms with Gasteiger partial charge < -0.3 is 9.80 Å². The van der Waals surface area contributed by atoms with Gasteiger partial charge in [0.25, 0.3) is 5.91 Å². The second kappa shape index (κ2) is 8.20. The quantitative estimate of drug-likeness (QED) is 0.704. The lowest BCUT2D eigenvalue weighted by molar-refractivity contribution is -0.136. The van der Waals surface area contributed by atoms with Gasteiger partial charge in [0, 0.05) is 62.5 Å². The number of carbonyl (C=O) groups excluding carboxylic acids is 3. The minimum atomic E-state index is -0.700. The lowest BCUT2D eigenvalue weighted by Gasteiger charge is -2.37. The molecule has 0 bridgehead atoms. The van der Waals surface area contributed by atoms with Gasteiger partial charge in [0.1, 0.15) is 11.9 Å². The first kappa shape index (κ1) is 21.3. The van der Waals surface area contributed by atoms with Crippen molar-refractivity contribution in [2.24, 2.45) is 0 Å². The second-order valence-corrected chi connectivity index (χ2v) is 9.72. The fourth-order valence-electron chi connectivity index (χ4n) is 5.64. The highest BCUT2D eigenvalue weighted by Crippen LogP contribution is 2.35. The largest absolute Gasteiger partial charge is 0.369 e. The molecular weight excluding hydrogens is 435 g/mol. The summed E-state index contributed by atoms with van der Waals surface area (Å²) in [5.41, 5.74) is 6.10. The molecule has 1 unspecified atom stereocenters. The Morgan fingerprint density at radius 3 is 2.44 bits per heavy atom.